The van der Waals surface area contributed by atoms with Gasteiger partial charge < -0.3 is 14.6 Å². The molecule has 0 aliphatic heterocycles. The van der Waals surface area contributed by atoms with Gasteiger partial charge in [-0.3, -0.25) is 14.4 Å². The molecule has 4 aliphatic rings. The summed E-state index contributed by atoms with van der Waals surface area (Å²) in [5, 5.41) is 9.48. The van der Waals surface area contributed by atoms with Crippen LogP contribution in [-0.4, -0.2) is 42.1 Å². The van der Waals surface area contributed by atoms with Crippen LogP contribution in [0.5, 0.6) is 0 Å². The molecule has 0 spiro atoms. The second kappa shape index (κ2) is 8.34. The summed E-state index contributed by atoms with van der Waals surface area (Å²) in [6.45, 7) is 5.20. The molecule has 0 aromatic rings. The van der Waals surface area contributed by atoms with Crippen LogP contribution in [0, 0.1) is 34.5 Å². The zero-order valence-corrected chi connectivity index (χ0v) is 19.0. The number of hydrogen-bond acceptors (Lipinski definition) is 6. The van der Waals surface area contributed by atoms with Gasteiger partial charge in [0.05, 0.1) is 6.61 Å². The lowest BCUT2D eigenvalue weighted by molar-refractivity contribution is -0.170. The Labute approximate surface area is 184 Å². The van der Waals surface area contributed by atoms with Crippen molar-refractivity contribution in [3.63, 3.8) is 0 Å². The molecule has 6 nitrogen and oxygen atoms in total. The molecule has 0 heterocycles. The lowest BCUT2D eigenvalue weighted by atomic mass is 9.45. The van der Waals surface area contributed by atoms with Crippen LogP contribution >= 0.6 is 0 Å². The Kier molecular flexibility index (Phi) is 6.06. The number of carbonyl (C=O) groups excluding carboxylic acids is 3. The minimum Gasteiger partial charge on any atom is -0.465 e. The van der Waals surface area contributed by atoms with E-state index in [0.29, 0.717) is 24.4 Å². The largest absolute Gasteiger partial charge is 0.465 e. The van der Waals surface area contributed by atoms with Gasteiger partial charge in [0, 0.05) is 25.2 Å². The highest BCUT2D eigenvalue weighted by Crippen LogP contribution is 2.66. The molecular formula is C25H36O6. The molecule has 0 aromatic carbocycles. The van der Waals surface area contributed by atoms with E-state index in [4.69, 9.17) is 9.47 Å². The Bertz CT molecular complexity index is 787. The van der Waals surface area contributed by atoms with Crippen molar-refractivity contribution < 1.29 is 29.0 Å². The molecule has 3 fully saturated rings. The van der Waals surface area contributed by atoms with Crippen molar-refractivity contribution in [1.82, 2.24) is 0 Å². The van der Waals surface area contributed by atoms with Crippen molar-refractivity contribution in [2.24, 2.45) is 34.5 Å². The van der Waals surface area contributed by atoms with E-state index in [1.807, 2.05) is 0 Å². The summed E-state index contributed by atoms with van der Waals surface area (Å²) in [5.41, 5.74) is 1.15. The van der Waals surface area contributed by atoms with Crippen LogP contribution in [0.25, 0.3) is 0 Å². The van der Waals surface area contributed by atoms with Gasteiger partial charge in [0.15, 0.2) is 5.78 Å². The van der Waals surface area contributed by atoms with Crippen LogP contribution in [0.4, 0.5) is 0 Å². The van der Waals surface area contributed by atoms with Crippen LogP contribution in [0.15, 0.2) is 11.6 Å². The predicted octanol–water partition coefficient (Wildman–Crippen LogP) is 3.60. The first-order valence-corrected chi connectivity index (χ1v) is 11.9. The average molecular weight is 433 g/mol. The summed E-state index contributed by atoms with van der Waals surface area (Å²) in [6, 6.07) is 0. The molecule has 7 atom stereocenters. The van der Waals surface area contributed by atoms with Crippen molar-refractivity contribution in [3.8, 4) is 0 Å². The SMILES string of the molecule is CC(=O)OC[C@]12CCC(OC(C)=O)CC1CC[C@H]1C3=CC[C@H](C(=O)CO)[C@@]3(C)CC[C@@H]12. The minimum atomic E-state index is -0.383. The van der Waals surface area contributed by atoms with E-state index in [1.54, 1.807) is 0 Å². The van der Waals surface area contributed by atoms with Crippen LogP contribution in [-0.2, 0) is 23.9 Å². The number of carbonyl (C=O) groups is 3. The monoisotopic (exact) mass is 432 g/mol. The summed E-state index contributed by atoms with van der Waals surface area (Å²) in [5.74, 6) is 0.542. The molecule has 4 aliphatic carbocycles. The highest BCUT2D eigenvalue weighted by atomic mass is 16.5. The summed E-state index contributed by atoms with van der Waals surface area (Å²) in [4.78, 5) is 35.7. The third kappa shape index (κ3) is 3.75. The lowest BCUT2D eigenvalue weighted by Gasteiger charge is -2.60. The second-order valence-corrected chi connectivity index (χ2v) is 10.5. The number of rotatable bonds is 5. The standard InChI is InChI=1S/C25H36O6/c1-15(27)30-14-25-11-8-18(31-16(2)28)12-17(25)4-5-19-20-6-7-22(23(29)13-26)24(20,3)10-9-21(19)25/h6,17-19,21-22,26H,4-5,7-14H2,1-3H3/t17?,18?,19-,21-,22+,24-,25+/m0/s1. The van der Waals surface area contributed by atoms with Gasteiger partial charge in [0.25, 0.3) is 0 Å². The first-order chi connectivity index (χ1) is 14.7. The van der Waals surface area contributed by atoms with Crippen LogP contribution in [0.2, 0.25) is 0 Å². The highest BCUT2D eigenvalue weighted by molar-refractivity contribution is 5.84. The van der Waals surface area contributed by atoms with E-state index in [2.05, 4.69) is 13.0 Å². The van der Waals surface area contributed by atoms with Gasteiger partial charge in [-0.2, -0.15) is 0 Å². The van der Waals surface area contributed by atoms with Crippen molar-refractivity contribution in [2.45, 2.75) is 78.2 Å². The number of esters is 2. The number of aliphatic hydroxyl groups is 1. The number of ketones is 1. The molecule has 0 saturated heterocycles. The van der Waals surface area contributed by atoms with Gasteiger partial charge in [0.2, 0.25) is 0 Å². The molecule has 31 heavy (non-hydrogen) atoms. The number of Topliss-reactive ketones (excluding diaryl/α,β-unsaturated/α-hetero) is 1. The van der Waals surface area contributed by atoms with Crippen LogP contribution < -0.4 is 0 Å². The summed E-state index contributed by atoms with van der Waals surface area (Å²) < 4.78 is 11.2. The van der Waals surface area contributed by atoms with Crippen LogP contribution in [0.3, 0.4) is 0 Å². The zero-order chi connectivity index (χ0) is 22.4. The number of allylic oxidation sites excluding steroid dienone is 2. The first-order valence-electron chi connectivity index (χ1n) is 11.9. The molecule has 3 saturated carbocycles. The lowest BCUT2D eigenvalue weighted by Crippen LogP contribution is -2.56. The van der Waals surface area contributed by atoms with Gasteiger partial charge in [-0.15, -0.1) is 0 Å². The minimum absolute atomic E-state index is 0.0441. The Morgan fingerprint density at radius 2 is 1.87 bits per heavy atom. The second-order valence-electron chi connectivity index (χ2n) is 10.5. The zero-order valence-electron chi connectivity index (χ0n) is 19.0. The van der Waals surface area contributed by atoms with Gasteiger partial charge >= 0.3 is 11.9 Å². The van der Waals surface area contributed by atoms with E-state index < -0.39 is 0 Å². The Morgan fingerprint density at radius 3 is 2.55 bits per heavy atom. The molecule has 0 radical (unpaired) electrons. The van der Waals surface area contributed by atoms with Crippen molar-refractivity contribution in [2.75, 3.05) is 13.2 Å². The van der Waals surface area contributed by atoms with Crippen molar-refractivity contribution >= 4 is 17.7 Å². The third-order valence-corrected chi connectivity index (χ3v) is 9.14. The number of hydrogen-bond donors (Lipinski definition) is 1. The molecule has 6 heteroatoms. The Balaban J connectivity index is 1.62. The molecule has 0 aromatic heterocycles. The van der Waals surface area contributed by atoms with Crippen LogP contribution in [0.1, 0.15) is 72.1 Å². The fourth-order valence-corrected chi connectivity index (χ4v) is 7.80. The van der Waals surface area contributed by atoms with E-state index in [-0.39, 0.29) is 47.2 Å². The molecule has 2 unspecified atom stereocenters. The molecular weight excluding hydrogens is 396 g/mol. The van der Waals surface area contributed by atoms with E-state index in [1.165, 1.54) is 19.4 Å². The number of aliphatic hydroxyl groups excluding tert-OH is 1. The summed E-state index contributed by atoms with van der Waals surface area (Å²) >= 11 is 0. The summed E-state index contributed by atoms with van der Waals surface area (Å²) in [7, 11) is 0. The third-order valence-electron chi connectivity index (χ3n) is 9.14. The normalized spacial score (nSPS) is 41.3. The van der Waals surface area contributed by atoms with Gasteiger partial charge in [-0.1, -0.05) is 18.6 Å². The molecule has 4 rings (SSSR count). The number of ether oxygens (including phenoxy) is 2. The molecule has 0 amide bonds. The van der Waals surface area contributed by atoms with Crippen molar-refractivity contribution in [3.05, 3.63) is 11.6 Å². The highest BCUT2D eigenvalue weighted by Gasteiger charge is 2.60. The molecule has 0 bridgehead atoms. The Morgan fingerprint density at radius 1 is 1.10 bits per heavy atom. The first kappa shape index (κ1) is 22.5. The van der Waals surface area contributed by atoms with E-state index in [9.17, 15) is 19.5 Å². The fraction of sp³-hybridized carbons (Fsp3) is 0.800. The topological polar surface area (TPSA) is 89.9 Å². The molecule has 1 N–H and O–H groups in total. The van der Waals surface area contributed by atoms with Gasteiger partial charge in [-0.05, 0) is 74.5 Å². The van der Waals surface area contributed by atoms with Crippen molar-refractivity contribution in [1.29, 1.82) is 0 Å². The van der Waals surface area contributed by atoms with Gasteiger partial charge in [-0.25, -0.2) is 0 Å². The predicted molar refractivity (Wildman–Crippen MR) is 114 cm³/mol. The molecule has 172 valence electrons. The smallest absolute Gasteiger partial charge is 0.302 e. The van der Waals surface area contributed by atoms with Gasteiger partial charge in [0.1, 0.15) is 12.7 Å². The maximum atomic E-state index is 12.4. The Hall–Kier alpha value is -1.69. The fourth-order valence-electron chi connectivity index (χ4n) is 7.80. The summed E-state index contributed by atoms with van der Waals surface area (Å²) in [6.07, 6.45) is 9.51. The van der Waals surface area contributed by atoms with E-state index >= 15 is 0 Å². The maximum absolute atomic E-state index is 12.4. The maximum Gasteiger partial charge on any atom is 0.302 e. The van der Waals surface area contributed by atoms with E-state index in [0.717, 1.165) is 51.4 Å². The average Bonchev–Trinajstić information content (AvgIpc) is 3.08. The quantitative estimate of drug-likeness (QED) is 0.527. The number of fused-ring (bicyclic) bond motifs is 5.